The number of aromatic nitrogens is 2. The van der Waals surface area contributed by atoms with E-state index in [1.807, 2.05) is 0 Å². The molecule has 0 aliphatic rings. The van der Waals surface area contributed by atoms with Crippen LogP contribution >= 0.6 is 54.1 Å². The second kappa shape index (κ2) is 12.5. The molecule has 9 nitrogen and oxygen atoms in total. The summed E-state index contributed by atoms with van der Waals surface area (Å²) in [6.45, 7) is 2.72. The largest absolute Gasteiger partial charge is 0.434 e. The molecule has 28 heavy (non-hydrogen) atoms. The van der Waals surface area contributed by atoms with Gasteiger partial charge >= 0.3 is 13.6 Å². The van der Waals surface area contributed by atoms with Crippen LogP contribution in [-0.4, -0.2) is 73.5 Å². The molecule has 1 aromatic rings. The van der Waals surface area contributed by atoms with Crippen LogP contribution in [0, 0.1) is 10.1 Å². The molecule has 0 fully saturated rings. The van der Waals surface area contributed by atoms with Crippen molar-refractivity contribution in [2.75, 3.05) is 49.7 Å². The predicted octanol–water partition coefficient (Wildman–Crippen LogP) is 4.07. The lowest BCUT2D eigenvalue weighted by Gasteiger charge is -2.38. The minimum atomic E-state index is -3.64. The van der Waals surface area contributed by atoms with E-state index in [1.165, 1.54) is 17.8 Å². The average molecular weight is 499 g/mol. The highest BCUT2D eigenvalue weighted by molar-refractivity contribution is 7.54. The average Bonchev–Trinajstić information content (AvgIpc) is 3.03. The molecule has 0 aliphatic carbocycles. The number of rotatable bonds is 14. The Balaban J connectivity index is 3.30. The number of imidazole rings is 1. The third-order valence-electron chi connectivity index (χ3n) is 3.96. The lowest BCUT2D eigenvalue weighted by atomic mass is 10.3. The lowest BCUT2D eigenvalue weighted by molar-refractivity contribution is -0.396. The van der Waals surface area contributed by atoms with Crippen molar-refractivity contribution >= 4 is 60.0 Å². The Kier molecular flexibility index (Phi) is 11.6. The summed E-state index contributed by atoms with van der Waals surface area (Å²) in [5.41, 5.74) is 0.403. The van der Waals surface area contributed by atoms with E-state index in [1.54, 1.807) is 16.3 Å². The van der Waals surface area contributed by atoms with Crippen LogP contribution in [0.25, 0.3) is 0 Å². The van der Waals surface area contributed by atoms with Crippen LogP contribution in [0.2, 0.25) is 0 Å². The van der Waals surface area contributed by atoms with E-state index in [0.717, 1.165) is 0 Å². The Morgan fingerprint density at radius 3 is 1.89 bits per heavy atom. The maximum Gasteiger partial charge on any atom is 0.434 e. The SMILES string of the molecule is CC(OP(=O)(N(CCCl)CCCl)N(CCCl)CCCl)c1cnc([N+](=O)[O-])n1C. The molecule has 0 radical (unpaired) electrons. The minimum absolute atomic E-state index is 0.214. The van der Waals surface area contributed by atoms with Gasteiger partial charge < -0.3 is 10.1 Å². The molecule has 0 spiro atoms. The molecule has 1 atom stereocenters. The summed E-state index contributed by atoms with van der Waals surface area (Å²) in [6.07, 6.45) is 0.562. The highest BCUT2D eigenvalue weighted by Gasteiger charge is 2.41. The van der Waals surface area contributed by atoms with Gasteiger partial charge in [-0.25, -0.2) is 13.9 Å². The van der Waals surface area contributed by atoms with Gasteiger partial charge in [-0.05, 0) is 11.8 Å². The number of nitro groups is 1. The van der Waals surface area contributed by atoms with Crippen molar-refractivity contribution in [1.82, 2.24) is 18.9 Å². The molecule has 0 aromatic carbocycles. The van der Waals surface area contributed by atoms with E-state index in [4.69, 9.17) is 50.9 Å². The molecule has 0 N–H and O–H groups in total. The molecule has 0 amide bonds. The molecular formula is C14H24Cl4N5O4P. The molecule has 1 unspecified atom stereocenters. The van der Waals surface area contributed by atoms with Crippen molar-refractivity contribution < 1.29 is 14.0 Å². The zero-order valence-corrected chi connectivity index (χ0v) is 19.6. The summed E-state index contributed by atoms with van der Waals surface area (Å²) < 4.78 is 24.5. The zero-order valence-electron chi connectivity index (χ0n) is 15.6. The van der Waals surface area contributed by atoms with E-state index in [0.29, 0.717) is 5.69 Å². The zero-order chi connectivity index (χ0) is 21.3. The van der Waals surface area contributed by atoms with Gasteiger partial charge in [0.2, 0.25) is 0 Å². The van der Waals surface area contributed by atoms with Gasteiger partial charge in [-0.2, -0.15) is 0 Å². The van der Waals surface area contributed by atoms with Gasteiger partial charge in [0.25, 0.3) is 0 Å². The van der Waals surface area contributed by atoms with Crippen LogP contribution in [-0.2, 0) is 16.1 Å². The fourth-order valence-corrected chi connectivity index (χ4v) is 6.49. The van der Waals surface area contributed by atoms with E-state index < -0.39 is 18.7 Å². The van der Waals surface area contributed by atoms with Gasteiger partial charge in [0.05, 0.1) is 7.05 Å². The number of hydrogen-bond donors (Lipinski definition) is 0. The fraction of sp³-hybridized carbons (Fsp3) is 0.786. The van der Waals surface area contributed by atoms with Gasteiger partial charge in [-0.1, -0.05) is 4.98 Å². The van der Waals surface area contributed by atoms with Gasteiger partial charge in [0.1, 0.15) is 18.0 Å². The van der Waals surface area contributed by atoms with Crippen LogP contribution in [0.5, 0.6) is 0 Å². The third kappa shape index (κ3) is 6.44. The molecule has 0 saturated carbocycles. The van der Waals surface area contributed by atoms with Crippen molar-refractivity contribution in [2.45, 2.75) is 13.0 Å². The van der Waals surface area contributed by atoms with Gasteiger partial charge in [0.15, 0.2) is 0 Å². The van der Waals surface area contributed by atoms with E-state index in [-0.39, 0.29) is 55.6 Å². The van der Waals surface area contributed by atoms with Crippen LogP contribution in [0.4, 0.5) is 5.95 Å². The Morgan fingerprint density at radius 2 is 1.57 bits per heavy atom. The molecular weight excluding hydrogens is 475 g/mol. The van der Waals surface area contributed by atoms with Gasteiger partial charge in [0, 0.05) is 49.7 Å². The molecule has 0 aliphatic heterocycles. The van der Waals surface area contributed by atoms with E-state index in [9.17, 15) is 14.7 Å². The lowest BCUT2D eigenvalue weighted by Crippen LogP contribution is -2.37. The smallest absolute Gasteiger partial charge is 0.390 e. The molecule has 0 bridgehead atoms. The van der Waals surface area contributed by atoms with E-state index in [2.05, 4.69) is 4.98 Å². The third-order valence-corrected chi connectivity index (χ3v) is 7.46. The maximum absolute atomic E-state index is 14.0. The topological polar surface area (TPSA) is 93.7 Å². The first-order chi connectivity index (χ1) is 13.3. The highest BCUT2D eigenvalue weighted by Crippen LogP contribution is 2.57. The second-order valence-electron chi connectivity index (χ2n) is 5.70. The first-order valence-corrected chi connectivity index (χ1v) is 12.1. The van der Waals surface area contributed by atoms with Crippen LogP contribution in [0.3, 0.4) is 0 Å². The summed E-state index contributed by atoms with van der Waals surface area (Å²) in [7, 11) is -2.15. The first-order valence-electron chi connectivity index (χ1n) is 8.45. The van der Waals surface area contributed by atoms with Crippen molar-refractivity contribution in [3.8, 4) is 0 Å². The summed E-state index contributed by atoms with van der Waals surface area (Å²) in [4.78, 5) is 14.2. The Morgan fingerprint density at radius 1 is 1.14 bits per heavy atom. The summed E-state index contributed by atoms with van der Waals surface area (Å²) in [6, 6.07) is 0. The van der Waals surface area contributed by atoms with Gasteiger partial charge in [-0.15, -0.1) is 46.4 Å². The number of hydrogen-bond acceptors (Lipinski definition) is 5. The molecule has 14 heteroatoms. The van der Waals surface area contributed by atoms with Crippen molar-refractivity contribution in [1.29, 1.82) is 0 Å². The van der Waals surface area contributed by atoms with Crippen molar-refractivity contribution in [3.63, 3.8) is 0 Å². The van der Waals surface area contributed by atoms with Crippen LogP contribution in [0.1, 0.15) is 18.7 Å². The second-order valence-corrected chi connectivity index (χ2v) is 9.54. The molecule has 1 rings (SSSR count). The first kappa shape index (κ1) is 25.9. The Hall–Kier alpha value is -0.120. The maximum atomic E-state index is 14.0. The standard InChI is InChI=1S/C14H24Cl4N5O4P/c1-12(13-11-19-14(20(13)2)23(24)25)27-28(26,21(7-3-15)8-4-16)22(9-5-17)10-6-18/h11-12H,3-10H2,1-2H3. The summed E-state index contributed by atoms with van der Waals surface area (Å²) in [5.74, 6) is 0.519. The minimum Gasteiger partial charge on any atom is -0.390 e. The highest BCUT2D eigenvalue weighted by atomic mass is 35.5. The number of halogens is 4. The fourth-order valence-electron chi connectivity index (χ4n) is 2.65. The van der Waals surface area contributed by atoms with Crippen molar-refractivity contribution in [3.05, 3.63) is 22.0 Å². The molecule has 1 heterocycles. The Bertz CT molecular complexity index is 648. The Labute approximate surface area is 184 Å². The van der Waals surface area contributed by atoms with Gasteiger partial charge in [-0.3, -0.25) is 9.09 Å². The molecule has 162 valence electrons. The summed E-state index contributed by atoms with van der Waals surface area (Å²) >= 11 is 23.6. The van der Waals surface area contributed by atoms with Crippen molar-refractivity contribution in [2.24, 2.45) is 7.05 Å². The predicted molar refractivity (Wildman–Crippen MR) is 113 cm³/mol. The normalized spacial score (nSPS) is 13.4. The van der Waals surface area contributed by atoms with Crippen LogP contribution < -0.4 is 0 Å². The number of nitrogens with zero attached hydrogens (tertiary/aromatic N) is 5. The molecule has 1 aromatic heterocycles. The van der Waals surface area contributed by atoms with E-state index >= 15 is 0 Å². The molecule has 0 saturated heterocycles. The van der Waals surface area contributed by atoms with Crippen LogP contribution in [0.15, 0.2) is 6.20 Å². The summed E-state index contributed by atoms with van der Waals surface area (Å²) in [5, 5.41) is 11.1. The quantitative estimate of drug-likeness (QED) is 0.165. The monoisotopic (exact) mass is 497 g/mol. The number of alkyl halides is 4.